The van der Waals surface area contributed by atoms with E-state index in [-0.39, 0.29) is 0 Å². The highest BCUT2D eigenvalue weighted by Gasteiger charge is 2.14. The smallest absolute Gasteiger partial charge is 0.227 e. The second-order valence-corrected chi connectivity index (χ2v) is 5.03. The molecule has 0 aliphatic carbocycles. The number of benzene rings is 2. The first kappa shape index (κ1) is 10.8. The molecule has 3 heteroatoms. The Hall–Kier alpha value is -2.13. The summed E-state index contributed by atoms with van der Waals surface area (Å²) in [4.78, 5) is 4.58. The molecule has 0 saturated carbocycles. The topological polar surface area (TPSA) is 38.1 Å². The summed E-state index contributed by atoms with van der Waals surface area (Å²) in [6.45, 7) is 3.94. The van der Waals surface area contributed by atoms with Gasteiger partial charge in [-0.25, -0.2) is 4.98 Å². The molecule has 4 rings (SSSR count). The number of para-hydroxylation sites is 1. The number of aryl methyl sites for hydroxylation is 1. The van der Waals surface area contributed by atoms with Gasteiger partial charge in [0.25, 0.3) is 0 Å². The van der Waals surface area contributed by atoms with Gasteiger partial charge in [0.1, 0.15) is 5.52 Å². The summed E-state index contributed by atoms with van der Waals surface area (Å²) in [5.41, 5.74) is 6.70. The van der Waals surface area contributed by atoms with E-state index in [9.17, 15) is 0 Å². The van der Waals surface area contributed by atoms with Crippen LogP contribution in [0.15, 0.2) is 40.8 Å². The zero-order chi connectivity index (χ0) is 12.8. The molecule has 0 amide bonds. The van der Waals surface area contributed by atoms with E-state index in [1.165, 1.54) is 11.1 Å². The zero-order valence-corrected chi connectivity index (χ0v) is 10.7. The lowest BCUT2D eigenvalue weighted by Crippen LogP contribution is -1.99. The highest BCUT2D eigenvalue weighted by atomic mass is 16.3. The van der Waals surface area contributed by atoms with Crippen LogP contribution in [0.25, 0.3) is 22.6 Å². The summed E-state index contributed by atoms with van der Waals surface area (Å²) >= 11 is 0. The van der Waals surface area contributed by atoms with Crippen LogP contribution in [0.1, 0.15) is 16.7 Å². The Morgan fingerprint density at radius 2 is 2.00 bits per heavy atom. The molecule has 0 bridgehead atoms. The summed E-state index contributed by atoms with van der Waals surface area (Å²) in [5.74, 6) is 0.707. The standard InChI is InChI=1S/C16H14N2O/c1-10-3-2-4-14-15(10)19-16(18-14)11-5-6-12-8-17-9-13(12)7-11/h2-7,17H,8-9H2,1H3. The minimum absolute atomic E-state index is 0.707. The average molecular weight is 250 g/mol. The van der Waals surface area contributed by atoms with Crippen molar-refractivity contribution < 1.29 is 4.42 Å². The fourth-order valence-corrected chi connectivity index (χ4v) is 2.64. The SMILES string of the molecule is Cc1cccc2nc(-c3ccc4c(c3)CNC4)oc12. The molecule has 19 heavy (non-hydrogen) atoms. The molecule has 1 aliphatic rings. The first-order chi connectivity index (χ1) is 9.31. The van der Waals surface area contributed by atoms with Gasteiger partial charge in [0.05, 0.1) is 0 Å². The molecule has 2 heterocycles. The monoisotopic (exact) mass is 250 g/mol. The van der Waals surface area contributed by atoms with Crippen molar-refractivity contribution in [3.63, 3.8) is 0 Å². The van der Waals surface area contributed by atoms with Gasteiger partial charge < -0.3 is 9.73 Å². The predicted molar refractivity (Wildman–Crippen MR) is 74.7 cm³/mol. The van der Waals surface area contributed by atoms with Crippen molar-refractivity contribution in [1.82, 2.24) is 10.3 Å². The van der Waals surface area contributed by atoms with Crippen molar-refractivity contribution in [2.75, 3.05) is 0 Å². The normalized spacial score (nSPS) is 13.9. The summed E-state index contributed by atoms with van der Waals surface area (Å²) in [7, 11) is 0. The van der Waals surface area contributed by atoms with Crippen molar-refractivity contribution in [2.45, 2.75) is 20.0 Å². The van der Waals surface area contributed by atoms with Crippen LogP contribution in [0.2, 0.25) is 0 Å². The second-order valence-electron chi connectivity index (χ2n) is 5.03. The van der Waals surface area contributed by atoms with Gasteiger partial charge in [-0.1, -0.05) is 18.2 Å². The molecule has 3 aromatic rings. The lowest BCUT2D eigenvalue weighted by molar-refractivity contribution is 0.617. The fourth-order valence-electron chi connectivity index (χ4n) is 2.64. The Balaban J connectivity index is 1.88. The third-order valence-corrected chi connectivity index (χ3v) is 3.70. The Bertz CT molecular complexity index is 774. The molecule has 94 valence electrons. The van der Waals surface area contributed by atoms with Gasteiger partial charge in [-0.3, -0.25) is 0 Å². The van der Waals surface area contributed by atoms with Crippen LogP contribution in [0.5, 0.6) is 0 Å². The molecule has 1 aliphatic heterocycles. The summed E-state index contributed by atoms with van der Waals surface area (Å²) < 4.78 is 5.91. The third kappa shape index (κ3) is 1.66. The number of rotatable bonds is 1. The highest BCUT2D eigenvalue weighted by molar-refractivity contribution is 5.79. The van der Waals surface area contributed by atoms with Crippen molar-refractivity contribution in [3.8, 4) is 11.5 Å². The first-order valence-corrected chi connectivity index (χ1v) is 6.50. The van der Waals surface area contributed by atoms with E-state index in [4.69, 9.17) is 4.42 Å². The average Bonchev–Trinajstić information content (AvgIpc) is 3.04. The molecule has 0 atom stereocenters. The summed E-state index contributed by atoms with van der Waals surface area (Å²) in [6, 6.07) is 12.5. The molecule has 2 aromatic carbocycles. The van der Waals surface area contributed by atoms with E-state index in [1.807, 2.05) is 25.1 Å². The number of hydrogen-bond acceptors (Lipinski definition) is 3. The Morgan fingerprint density at radius 3 is 2.89 bits per heavy atom. The predicted octanol–water partition coefficient (Wildman–Crippen LogP) is 3.41. The molecule has 0 spiro atoms. The molecule has 1 N–H and O–H groups in total. The van der Waals surface area contributed by atoms with Crippen LogP contribution < -0.4 is 5.32 Å². The number of oxazole rings is 1. The Kier molecular flexibility index (Phi) is 2.23. The van der Waals surface area contributed by atoms with E-state index in [0.717, 1.165) is 35.3 Å². The molecule has 0 saturated heterocycles. The van der Waals surface area contributed by atoms with Gasteiger partial charge >= 0.3 is 0 Å². The van der Waals surface area contributed by atoms with E-state index >= 15 is 0 Å². The van der Waals surface area contributed by atoms with E-state index < -0.39 is 0 Å². The number of fused-ring (bicyclic) bond motifs is 2. The first-order valence-electron chi connectivity index (χ1n) is 6.50. The van der Waals surface area contributed by atoms with E-state index in [0.29, 0.717) is 5.89 Å². The lowest BCUT2D eigenvalue weighted by Gasteiger charge is -2.00. The van der Waals surface area contributed by atoms with Crippen molar-refractivity contribution in [2.24, 2.45) is 0 Å². The Morgan fingerprint density at radius 1 is 1.11 bits per heavy atom. The van der Waals surface area contributed by atoms with Crippen molar-refractivity contribution >= 4 is 11.1 Å². The Labute approximate surface area is 111 Å². The number of nitrogens with zero attached hydrogens (tertiary/aromatic N) is 1. The van der Waals surface area contributed by atoms with Gasteiger partial charge in [0.2, 0.25) is 5.89 Å². The maximum Gasteiger partial charge on any atom is 0.227 e. The van der Waals surface area contributed by atoms with Gasteiger partial charge in [-0.2, -0.15) is 0 Å². The zero-order valence-electron chi connectivity index (χ0n) is 10.7. The summed E-state index contributed by atoms with van der Waals surface area (Å²) in [5, 5.41) is 3.35. The number of aromatic nitrogens is 1. The van der Waals surface area contributed by atoms with Crippen LogP contribution in [-0.2, 0) is 13.1 Å². The quantitative estimate of drug-likeness (QED) is 0.719. The van der Waals surface area contributed by atoms with Crippen LogP contribution in [-0.4, -0.2) is 4.98 Å². The highest BCUT2D eigenvalue weighted by Crippen LogP contribution is 2.28. The maximum absolute atomic E-state index is 5.91. The fraction of sp³-hybridized carbons (Fsp3) is 0.188. The molecule has 1 aromatic heterocycles. The van der Waals surface area contributed by atoms with Crippen molar-refractivity contribution in [1.29, 1.82) is 0 Å². The van der Waals surface area contributed by atoms with E-state index in [2.05, 4.69) is 28.5 Å². The molecular formula is C16H14N2O. The molecule has 0 unspecified atom stereocenters. The summed E-state index contributed by atoms with van der Waals surface area (Å²) in [6.07, 6.45) is 0. The second kappa shape index (κ2) is 3.93. The van der Waals surface area contributed by atoms with Crippen LogP contribution in [0.4, 0.5) is 0 Å². The van der Waals surface area contributed by atoms with Crippen LogP contribution in [0, 0.1) is 6.92 Å². The molecule has 0 fully saturated rings. The minimum Gasteiger partial charge on any atom is -0.436 e. The largest absolute Gasteiger partial charge is 0.436 e. The van der Waals surface area contributed by atoms with Gasteiger partial charge in [-0.15, -0.1) is 0 Å². The molecule has 3 nitrogen and oxygen atoms in total. The molecule has 0 radical (unpaired) electrons. The minimum atomic E-state index is 0.707. The van der Waals surface area contributed by atoms with E-state index in [1.54, 1.807) is 0 Å². The number of nitrogens with one attached hydrogen (secondary N) is 1. The van der Waals surface area contributed by atoms with Gasteiger partial charge in [-0.05, 0) is 41.8 Å². The van der Waals surface area contributed by atoms with Crippen LogP contribution >= 0.6 is 0 Å². The van der Waals surface area contributed by atoms with Crippen molar-refractivity contribution in [3.05, 3.63) is 53.1 Å². The lowest BCUT2D eigenvalue weighted by atomic mass is 10.1. The molecular weight excluding hydrogens is 236 g/mol. The van der Waals surface area contributed by atoms with Gasteiger partial charge in [0.15, 0.2) is 5.58 Å². The van der Waals surface area contributed by atoms with Gasteiger partial charge in [0, 0.05) is 18.7 Å². The number of hydrogen-bond donors (Lipinski definition) is 1. The van der Waals surface area contributed by atoms with Crippen LogP contribution in [0.3, 0.4) is 0 Å². The maximum atomic E-state index is 5.91. The third-order valence-electron chi connectivity index (χ3n) is 3.70.